The van der Waals surface area contributed by atoms with Gasteiger partial charge >= 0.3 is 0 Å². The van der Waals surface area contributed by atoms with Gasteiger partial charge in [0.2, 0.25) is 0 Å². The first kappa shape index (κ1) is 13.2. The molecule has 7 atom stereocenters. The number of hydrogen-bond donors (Lipinski definition) is 6. The number of rotatable bonds is 1. The number of aliphatic hydroxyl groups excluding tert-OH is 5. The average Bonchev–Trinajstić information content (AvgIpc) is 2.28. The van der Waals surface area contributed by atoms with Crippen molar-refractivity contribution in [2.45, 2.75) is 55.1 Å². The van der Waals surface area contributed by atoms with Crippen LogP contribution in [0.25, 0.3) is 0 Å². The molecule has 0 bridgehead atoms. The third-order valence-electron chi connectivity index (χ3n) is 3.73. The zero-order valence-electron chi connectivity index (χ0n) is 9.18. The molecule has 1 aliphatic heterocycles. The number of hydrogen-bond acceptors (Lipinski definition) is 7. The van der Waals surface area contributed by atoms with Crippen molar-refractivity contribution in [1.82, 2.24) is 0 Å². The van der Waals surface area contributed by atoms with Crippen molar-refractivity contribution >= 4 is 0 Å². The van der Waals surface area contributed by atoms with E-state index in [1.54, 1.807) is 0 Å². The van der Waals surface area contributed by atoms with Crippen LogP contribution in [0, 0.1) is 0 Å². The first-order valence-corrected chi connectivity index (χ1v) is 5.61. The topological polar surface area (TPSA) is 131 Å². The third kappa shape index (κ3) is 1.97. The molecule has 6 N–H and O–H groups in total. The largest absolute Gasteiger partial charge is 0.394 e. The van der Waals surface area contributed by atoms with Crippen LogP contribution in [0.1, 0.15) is 12.8 Å². The van der Waals surface area contributed by atoms with Crippen molar-refractivity contribution in [2.24, 2.45) is 0 Å². The van der Waals surface area contributed by atoms with E-state index in [4.69, 9.17) is 9.84 Å². The summed E-state index contributed by atoms with van der Waals surface area (Å²) in [6.07, 6.45) is -7.44. The lowest BCUT2D eigenvalue weighted by atomic mass is 9.71. The predicted molar refractivity (Wildman–Crippen MR) is 54.0 cm³/mol. The highest BCUT2D eigenvalue weighted by molar-refractivity contribution is 5.08. The summed E-state index contributed by atoms with van der Waals surface area (Å²) in [6.45, 7) is -0.497. The Morgan fingerprint density at radius 1 is 1.12 bits per heavy atom. The van der Waals surface area contributed by atoms with Crippen molar-refractivity contribution in [3.8, 4) is 0 Å². The zero-order chi connectivity index (χ0) is 12.8. The van der Waals surface area contributed by atoms with Gasteiger partial charge in [0.1, 0.15) is 23.9 Å². The first-order chi connectivity index (χ1) is 7.90. The summed E-state index contributed by atoms with van der Waals surface area (Å²) in [5.41, 5.74) is -1.80. The Kier molecular flexibility index (Phi) is 3.43. The second-order valence-electron chi connectivity index (χ2n) is 4.85. The molecule has 1 heterocycles. The number of ether oxygens (including phenoxy) is 1. The van der Waals surface area contributed by atoms with Crippen molar-refractivity contribution in [2.75, 3.05) is 6.61 Å². The summed E-state index contributed by atoms with van der Waals surface area (Å²) in [5.74, 6) is 0. The molecule has 2 rings (SSSR count). The van der Waals surface area contributed by atoms with Crippen LogP contribution in [-0.4, -0.2) is 79.5 Å². The van der Waals surface area contributed by atoms with Crippen LogP contribution in [0.5, 0.6) is 0 Å². The van der Waals surface area contributed by atoms with Gasteiger partial charge in [-0.3, -0.25) is 0 Å². The van der Waals surface area contributed by atoms with Crippen molar-refractivity contribution in [3.63, 3.8) is 0 Å². The Hall–Kier alpha value is -0.280. The SMILES string of the molecule is OC[C@H]1O[C@H]2C[C@H](O)[C@H](O)C[C@]2(O)[C@@H](O)[C@@H]1O. The Bertz CT molecular complexity index is 286. The molecule has 1 aliphatic carbocycles. The van der Waals surface area contributed by atoms with Crippen molar-refractivity contribution in [1.29, 1.82) is 0 Å². The minimum Gasteiger partial charge on any atom is -0.394 e. The van der Waals surface area contributed by atoms with E-state index < -0.39 is 48.8 Å². The molecule has 0 spiro atoms. The van der Waals surface area contributed by atoms with Crippen LogP contribution < -0.4 is 0 Å². The summed E-state index contributed by atoms with van der Waals surface area (Å²) >= 11 is 0. The first-order valence-electron chi connectivity index (χ1n) is 5.61. The van der Waals surface area contributed by atoms with Gasteiger partial charge in [-0.2, -0.15) is 0 Å². The fourth-order valence-corrected chi connectivity index (χ4v) is 2.61. The lowest BCUT2D eigenvalue weighted by molar-refractivity contribution is -0.301. The normalized spacial score (nSPS) is 55.4. The van der Waals surface area contributed by atoms with E-state index in [1.165, 1.54) is 0 Å². The van der Waals surface area contributed by atoms with E-state index in [0.29, 0.717) is 0 Å². The summed E-state index contributed by atoms with van der Waals surface area (Å²) in [5, 5.41) is 57.7. The molecule has 0 amide bonds. The maximum absolute atomic E-state index is 10.2. The van der Waals surface area contributed by atoms with Gasteiger partial charge in [0.15, 0.2) is 0 Å². The number of fused-ring (bicyclic) bond motifs is 1. The van der Waals surface area contributed by atoms with Crippen LogP contribution in [0.2, 0.25) is 0 Å². The van der Waals surface area contributed by atoms with Crippen molar-refractivity contribution in [3.05, 3.63) is 0 Å². The zero-order valence-corrected chi connectivity index (χ0v) is 9.18. The van der Waals surface area contributed by atoms with Gasteiger partial charge in [-0.1, -0.05) is 0 Å². The minimum absolute atomic E-state index is 0.0576. The molecule has 0 radical (unpaired) electrons. The average molecular weight is 250 g/mol. The van der Waals surface area contributed by atoms with E-state index in [-0.39, 0.29) is 12.8 Å². The molecular weight excluding hydrogens is 232 g/mol. The summed E-state index contributed by atoms with van der Waals surface area (Å²) in [4.78, 5) is 0. The van der Waals surface area contributed by atoms with Gasteiger partial charge in [-0.15, -0.1) is 0 Å². The van der Waals surface area contributed by atoms with E-state index in [1.807, 2.05) is 0 Å². The van der Waals surface area contributed by atoms with E-state index >= 15 is 0 Å². The summed E-state index contributed by atoms with van der Waals surface area (Å²) in [7, 11) is 0. The monoisotopic (exact) mass is 250 g/mol. The van der Waals surface area contributed by atoms with Crippen LogP contribution in [0.4, 0.5) is 0 Å². The summed E-state index contributed by atoms with van der Waals surface area (Å²) < 4.78 is 5.26. The van der Waals surface area contributed by atoms with Gasteiger partial charge in [0, 0.05) is 12.8 Å². The second-order valence-corrected chi connectivity index (χ2v) is 4.85. The van der Waals surface area contributed by atoms with Gasteiger partial charge in [0.25, 0.3) is 0 Å². The number of aliphatic hydroxyl groups is 6. The molecule has 0 unspecified atom stereocenters. The maximum atomic E-state index is 10.2. The molecule has 17 heavy (non-hydrogen) atoms. The molecule has 2 aliphatic rings. The molecular formula is C10H18O7. The molecule has 100 valence electrons. The highest BCUT2D eigenvalue weighted by Gasteiger charge is 2.58. The predicted octanol–water partition coefficient (Wildman–Crippen LogP) is -3.29. The molecule has 1 saturated carbocycles. The van der Waals surface area contributed by atoms with Gasteiger partial charge < -0.3 is 35.4 Å². The maximum Gasteiger partial charge on any atom is 0.122 e. The lowest BCUT2D eigenvalue weighted by Gasteiger charge is -2.52. The fourth-order valence-electron chi connectivity index (χ4n) is 2.61. The molecule has 7 nitrogen and oxygen atoms in total. The fraction of sp³-hybridized carbons (Fsp3) is 1.00. The quantitative estimate of drug-likeness (QED) is 0.287. The standard InChI is InChI=1S/C10H18O7/c11-3-6-8(14)9(15)10(16)2-5(13)4(12)1-7(10)17-6/h4-9,11-16H,1-3H2/t4-,5+,6+,7-,8+,9-,10+/m0/s1. The molecule has 0 aromatic carbocycles. The van der Waals surface area contributed by atoms with E-state index in [9.17, 15) is 25.5 Å². The molecule has 2 fully saturated rings. The smallest absolute Gasteiger partial charge is 0.122 e. The Morgan fingerprint density at radius 2 is 1.76 bits per heavy atom. The van der Waals surface area contributed by atoms with Crippen LogP contribution in [0.15, 0.2) is 0 Å². The van der Waals surface area contributed by atoms with Gasteiger partial charge in [0.05, 0.1) is 24.9 Å². The van der Waals surface area contributed by atoms with E-state index in [0.717, 1.165) is 0 Å². The molecule has 1 saturated heterocycles. The Balaban J connectivity index is 2.23. The Morgan fingerprint density at radius 3 is 2.35 bits per heavy atom. The van der Waals surface area contributed by atoms with Crippen LogP contribution >= 0.6 is 0 Å². The van der Waals surface area contributed by atoms with Gasteiger partial charge in [-0.25, -0.2) is 0 Å². The minimum atomic E-state index is -1.80. The second kappa shape index (κ2) is 4.43. The molecule has 0 aromatic rings. The van der Waals surface area contributed by atoms with Crippen molar-refractivity contribution < 1.29 is 35.4 Å². The van der Waals surface area contributed by atoms with Crippen LogP contribution in [-0.2, 0) is 4.74 Å². The third-order valence-corrected chi connectivity index (χ3v) is 3.73. The van der Waals surface area contributed by atoms with E-state index in [2.05, 4.69) is 0 Å². The Labute approximate surface area is 97.9 Å². The highest BCUT2D eigenvalue weighted by atomic mass is 16.5. The van der Waals surface area contributed by atoms with Crippen LogP contribution in [0.3, 0.4) is 0 Å². The summed E-state index contributed by atoms with van der Waals surface area (Å²) in [6, 6.07) is 0. The van der Waals surface area contributed by atoms with Gasteiger partial charge in [-0.05, 0) is 0 Å². The molecule has 7 heteroatoms. The lowest BCUT2D eigenvalue weighted by Crippen LogP contribution is -2.70. The highest BCUT2D eigenvalue weighted by Crippen LogP contribution is 2.39. The molecule has 0 aromatic heterocycles.